The zero-order valence-corrected chi connectivity index (χ0v) is 13.2. The molecule has 1 amide bonds. The molecular weight excluding hydrogens is 292 g/mol. The van der Waals surface area contributed by atoms with E-state index in [0.29, 0.717) is 12.5 Å². The van der Waals surface area contributed by atoms with Crippen molar-refractivity contribution < 1.29 is 4.79 Å². The number of aryl methyl sites for hydroxylation is 1. The minimum Gasteiger partial charge on any atom is -0.329 e. The van der Waals surface area contributed by atoms with Gasteiger partial charge in [-0.2, -0.15) is 0 Å². The van der Waals surface area contributed by atoms with E-state index >= 15 is 0 Å². The van der Waals surface area contributed by atoms with Gasteiger partial charge in [-0.1, -0.05) is 0 Å². The second kappa shape index (κ2) is 5.58. The molecule has 3 heterocycles. The zero-order chi connectivity index (χ0) is 16.0. The Hall–Kier alpha value is -1.99. The Labute approximate surface area is 134 Å². The van der Waals surface area contributed by atoms with E-state index in [4.69, 9.17) is 5.73 Å². The molecule has 2 aromatic heterocycles. The van der Waals surface area contributed by atoms with Crippen molar-refractivity contribution in [3.63, 3.8) is 0 Å². The number of fused-ring (bicyclic) bond motifs is 2. The number of nitrogens with one attached hydrogen (secondary N) is 2. The third-order valence-electron chi connectivity index (χ3n) is 5.36. The highest BCUT2D eigenvalue weighted by molar-refractivity contribution is 5.79. The van der Waals surface area contributed by atoms with Crippen LogP contribution in [0.25, 0.3) is 5.65 Å². The van der Waals surface area contributed by atoms with Crippen molar-refractivity contribution >= 4 is 11.6 Å². The first kappa shape index (κ1) is 14.6. The van der Waals surface area contributed by atoms with Gasteiger partial charge >= 0.3 is 0 Å². The number of carbonyl (C=O) groups is 1. The number of hydrogen-bond donors (Lipinski definition) is 3. The summed E-state index contributed by atoms with van der Waals surface area (Å²) in [4.78, 5) is 20.9. The van der Waals surface area contributed by atoms with Crippen LogP contribution in [0.15, 0.2) is 18.6 Å². The van der Waals surface area contributed by atoms with Crippen LogP contribution in [0.4, 0.5) is 0 Å². The largest absolute Gasteiger partial charge is 0.329 e. The van der Waals surface area contributed by atoms with Crippen LogP contribution in [0.3, 0.4) is 0 Å². The number of imidazole rings is 1. The number of hydrazine groups is 1. The lowest BCUT2D eigenvalue weighted by Gasteiger charge is -2.43. The fourth-order valence-electron chi connectivity index (χ4n) is 4.15. The molecule has 4 atom stereocenters. The van der Waals surface area contributed by atoms with Gasteiger partial charge < -0.3 is 10.1 Å². The number of aromatic nitrogens is 3. The summed E-state index contributed by atoms with van der Waals surface area (Å²) < 4.78 is 2.14. The molecule has 0 aromatic carbocycles. The quantitative estimate of drug-likeness (QED) is 0.750. The minimum absolute atomic E-state index is 0.0728. The highest BCUT2D eigenvalue weighted by Crippen LogP contribution is 2.42. The smallest absolute Gasteiger partial charge is 0.237 e. The van der Waals surface area contributed by atoms with Crippen molar-refractivity contribution in [2.24, 2.45) is 17.6 Å². The van der Waals surface area contributed by atoms with Crippen LogP contribution < -0.4 is 16.6 Å². The van der Waals surface area contributed by atoms with Crippen LogP contribution in [0.2, 0.25) is 0 Å². The van der Waals surface area contributed by atoms with Crippen molar-refractivity contribution in [3.05, 3.63) is 30.0 Å². The van der Waals surface area contributed by atoms with E-state index in [0.717, 1.165) is 30.6 Å². The summed E-state index contributed by atoms with van der Waals surface area (Å²) in [6, 6.07) is 0.142. The van der Waals surface area contributed by atoms with Crippen LogP contribution >= 0.6 is 0 Å². The normalized spacial score (nSPS) is 31.0. The first-order chi connectivity index (χ1) is 11.2. The second-order valence-corrected chi connectivity index (χ2v) is 6.70. The van der Waals surface area contributed by atoms with Gasteiger partial charge in [0.05, 0.1) is 11.9 Å². The first-order valence-corrected chi connectivity index (χ1v) is 8.22. The van der Waals surface area contributed by atoms with Crippen LogP contribution in [0.5, 0.6) is 0 Å². The maximum absolute atomic E-state index is 12.1. The summed E-state index contributed by atoms with van der Waals surface area (Å²) in [6.45, 7) is 2.52. The standard InChI is InChI=1S/C16H22N6O/c1-9-8-22-14(6-19-15(22)7-18-9)10-2-3-11-12(4-10)13(5-17)20-21-16(11)23/h6-8,10-13,20H,2-5,17H2,1H3,(H,21,23). The summed E-state index contributed by atoms with van der Waals surface area (Å²) in [5.41, 5.74) is 14.8. The van der Waals surface area contributed by atoms with Crippen LogP contribution in [-0.4, -0.2) is 32.9 Å². The Balaban J connectivity index is 1.65. The van der Waals surface area contributed by atoms with E-state index in [-0.39, 0.29) is 23.8 Å². The predicted octanol–water partition coefficient (Wildman–Crippen LogP) is 0.499. The van der Waals surface area contributed by atoms with Crippen LogP contribution in [-0.2, 0) is 4.79 Å². The van der Waals surface area contributed by atoms with E-state index < -0.39 is 0 Å². The van der Waals surface area contributed by atoms with E-state index in [9.17, 15) is 4.79 Å². The van der Waals surface area contributed by atoms with Gasteiger partial charge in [-0.05, 0) is 32.1 Å². The van der Waals surface area contributed by atoms with Crippen molar-refractivity contribution in [1.29, 1.82) is 0 Å². The number of rotatable bonds is 2. The zero-order valence-electron chi connectivity index (χ0n) is 13.2. The van der Waals surface area contributed by atoms with Gasteiger partial charge in [-0.15, -0.1) is 0 Å². The Bertz CT molecular complexity index is 741. The highest BCUT2D eigenvalue weighted by atomic mass is 16.2. The van der Waals surface area contributed by atoms with Crippen molar-refractivity contribution in [3.8, 4) is 0 Å². The molecule has 1 aliphatic carbocycles. The fourth-order valence-corrected chi connectivity index (χ4v) is 4.15. The van der Waals surface area contributed by atoms with Gasteiger partial charge in [0.15, 0.2) is 5.65 Å². The van der Waals surface area contributed by atoms with Crippen molar-refractivity contribution in [1.82, 2.24) is 25.2 Å². The molecule has 2 fully saturated rings. The summed E-state index contributed by atoms with van der Waals surface area (Å²) in [5, 5.41) is 0. The number of nitrogens with two attached hydrogens (primary N) is 1. The number of hydrogen-bond acceptors (Lipinski definition) is 5. The van der Waals surface area contributed by atoms with Crippen LogP contribution in [0, 0.1) is 18.8 Å². The lowest BCUT2D eigenvalue weighted by atomic mass is 9.69. The highest BCUT2D eigenvalue weighted by Gasteiger charge is 2.42. The molecule has 1 saturated carbocycles. The van der Waals surface area contributed by atoms with E-state index in [2.05, 4.69) is 25.2 Å². The molecule has 4 N–H and O–H groups in total. The van der Waals surface area contributed by atoms with E-state index in [1.54, 1.807) is 0 Å². The number of nitrogens with zero attached hydrogens (tertiary/aromatic N) is 3. The predicted molar refractivity (Wildman–Crippen MR) is 85.4 cm³/mol. The SMILES string of the molecule is Cc1cn2c(C3CCC4C(=O)NNC(CN)C4C3)cnc2cn1. The van der Waals surface area contributed by atoms with Gasteiger partial charge in [0, 0.05) is 42.5 Å². The van der Waals surface area contributed by atoms with Crippen LogP contribution in [0.1, 0.15) is 36.6 Å². The summed E-state index contributed by atoms with van der Waals surface area (Å²) in [6.07, 6.45) is 8.66. The molecule has 2 aliphatic rings. The van der Waals surface area contributed by atoms with E-state index in [1.807, 2.05) is 25.5 Å². The maximum atomic E-state index is 12.1. The van der Waals surface area contributed by atoms with E-state index in [1.165, 1.54) is 5.69 Å². The topological polar surface area (TPSA) is 97.3 Å². The Morgan fingerprint density at radius 3 is 3.04 bits per heavy atom. The maximum Gasteiger partial charge on any atom is 0.237 e. The average Bonchev–Trinajstić information content (AvgIpc) is 2.98. The van der Waals surface area contributed by atoms with Gasteiger partial charge in [-0.3, -0.25) is 15.2 Å². The monoisotopic (exact) mass is 314 g/mol. The first-order valence-electron chi connectivity index (χ1n) is 8.22. The Morgan fingerprint density at radius 2 is 2.22 bits per heavy atom. The molecule has 0 bridgehead atoms. The minimum atomic E-state index is 0.0728. The summed E-state index contributed by atoms with van der Waals surface area (Å²) >= 11 is 0. The third kappa shape index (κ3) is 2.40. The van der Waals surface area contributed by atoms with Gasteiger partial charge in [0.1, 0.15) is 0 Å². The lowest BCUT2D eigenvalue weighted by molar-refractivity contribution is -0.133. The van der Waals surface area contributed by atoms with Gasteiger partial charge in [-0.25, -0.2) is 10.4 Å². The Morgan fingerprint density at radius 1 is 1.35 bits per heavy atom. The molecule has 7 nitrogen and oxygen atoms in total. The number of carbonyl (C=O) groups excluding carboxylic acids is 1. The molecule has 23 heavy (non-hydrogen) atoms. The molecule has 0 spiro atoms. The summed E-state index contributed by atoms with van der Waals surface area (Å²) in [5.74, 6) is 0.857. The van der Waals surface area contributed by atoms with Gasteiger partial charge in [0.25, 0.3) is 0 Å². The molecule has 1 saturated heterocycles. The molecule has 0 radical (unpaired) electrons. The summed E-state index contributed by atoms with van der Waals surface area (Å²) in [7, 11) is 0. The molecule has 1 aliphatic heterocycles. The van der Waals surface area contributed by atoms with Crippen molar-refractivity contribution in [2.75, 3.05) is 6.54 Å². The lowest BCUT2D eigenvalue weighted by Crippen LogP contribution is -2.62. The Kier molecular flexibility index (Phi) is 3.54. The third-order valence-corrected chi connectivity index (χ3v) is 5.36. The molecular formula is C16H22N6O. The molecule has 4 unspecified atom stereocenters. The van der Waals surface area contributed by atoms with Crippen molar-refractivity contribution in [2.45, 2.75) is 38.1 Å². The fraction of sp³-hybridized carbons (Fsp3) is 0.562. The number of amides is 1. The average molecular weight is 314 g/mol. The second-order valence-electron chi connectivity index (χ2n) is 6.70. The molecule has 122 valence electrons. The molecule has 7 heteroatoms. The molecule has 4 rings (SSSR count). The van der Waals surface area contributed by atoms with Gasteiger partial charge in [0.2, 0.25) is 5.91 Å². The molecule has 2 aromatic rings.